The molecule has 1 amide bonds. The summed E-state index contributed by atoms with van der Waals surface area (Å²) in [5, 5.41) is 1.91. The van der Waals surface area contributed by atoms with E-state index in [-0.39, 0.29) is 11.7 Å². The molecule has 2 rings (SSSR count). The van der Waals surface area contributed by atoms with Crippen LogP contribution in [0, 0.1) is 5.82 Å². The summed E-state index contributed by atoms with van der Waals surface area (Å²) >= 11 is 3.20. The van der Waals surface area contributed by atoms with Crippen molar-refractivity contribution in [3.63, 3.8) is 0 Å². The summed E-state index contributed by atoms with van der Waals surface area (Å²) in [6.45, 7) is 3.67. The van der Waals surface area contributed by atoms with Gasteiger partial charge in [0.25, 0.3) is 5.91 Å². The smallest absolute Gasteiger partial charge is 0.266 e. The summed E-state index contributed by atoms with van der Waals surface area (Å²) < 4.78 is 13.4. The van der Waals surface area contributed by atoms with Gasteiger partial charge in [-0.3, -0.25) is 10.2 Å². The highest BCUT2D eigenvalue weighted by Crippen LogP contribution is 2.17. The lowest BCUT2D eigenvalue weighted by Crippen LogP contribution is -3.12. The van der Waals surface area contributed by atoms with E-state index in [4.69, 9.17) is 0 Å². The number of hydrogen-bond donors (Lipinski definition) is 2. The van der Waals surface area contributed by atoms with Crippen LogP contribution < -0.4 is 10.3 Å². The summed E-state index contributed by atoms with van der Waals surface area (Å²) in [5.41, 5.74) is 3.29. The minimum atomic E-state index is -0.360. The normalized spacial score (nSPS) is 17.7. The van der Waals surface area contributed by atoms with Gasteiger partial charge < -0.3 is 4.90 Å². The van der Waals surface area contributed by atoms with Gasteiger partial charge >= 0.3 is 0 Å². The molecule has 1 aromatic carbocycles. The Kier molecular flexibility index (Phi) is 4.31. The van der Waals surface area contributed by atoms with Crippen molar-refractivity contribution < 1.29 is 14.1 Å². The van der Waals surface area contributed by atoms with Gasteiger partial charge in [-0.25, -0.2) is 9.40 Å². The van der Waals surface area contributed by atoms with Crippen LogP contribution in [0.5, 0.6) is 0 Å². The zero-order valence-corrected chi connectivity index (χ0v) is 11.8. The summed E-state index contributed by atoms with van der Waals surface area (Å²) in [6.07, 6.45) is 0. The molecular formula is C12H16BrFN3O+. The van der Waals surface area contributed by atoms with Gasteiger partial charge in [0.1, 0.15) is 5.82 Å². The number of hydrogen-bond acceptors (Lipinski definition) is 2. The monoisotopic (exact) mass is 316 g/mol. The number of carbonyl (C=O) groups excluding carboxylic acids is 1. The molecule has 0 aromatic heterocycles. The van der Waals surface area contributed by atoms with Gasteiger partial charge in [-0.1, -0.05) is 0 Å². The topological polar surface area (TPSA) is 36.8 Å². The molecule has 1 aliphatic heterocycles. The van der Waals surface area contributed by atoms with Crippen molar-refractivity contribution in [2.75, 3.05) is 33.2 Å². The Balaban J connectivity index is 1.99. The van der Waals surface area contributed by atoms with Crippen LogP contribution in [0.1, 0.15) is 10.4 Å². The average Bonchev–Trinajstić information content (AvgIpc) is 2.32. The van der Waals surface area contributed by atoms with Gasteiger partial charge in [0.2, 0.25) is 0 Å². The fourth-order valence-electron chi connectivity index (χ4n) is 1.88. The molecule has 1 heterocycles. The Bertz CT molecular complexity index is 447. The first-order chi connectivity index (χ1) is 8.56. The van der Waals surface area contributed by atoms with Gasteiger partial charge in [0.15, 0.2) is 0 Å². The summed E-state index contributed by atoms with van der Waals surface area (Å²) in [6, 6.07) is 4.06. The molecule has 1 fully saturated rings. The molecule has 1 aliphatic rings. The summed E-state index contributed by atoms with van der Waals surface area (Å²) in [7, 11) is 2.13. The Morgan fingerprint density at radius 1 is 1.44 bits per heavy atom. The molecule has 2 N–H and O–H groups in total. The standard InChI is InChI=1S/C12H15BrFN3O/c1-16-4-6-17(7-5-16)15-12(18)10-3-2-9(14)8-11(10)13/h2-3,8H,4-7H2,1H3,(H,15,18)/p+1. The van der Waals surface area contributed by atoms with Crippen LogP contribution >= 0.6 is 15.9 Å². The van der Waals surface area contributed by atoms with Gasteiger partial charge in [0.05, 0.1) is 38.8 Å². The lowest BCUT2D eigenvalue weighted by molar-refractivity contribution is -0.884. The van der Waals surface area contributed by atoms with Gasteiger partial charge in [0, 0.05) is 4.47 Å². The highest BCUT2D eigenvalue weighted by atomic mass is 79.9. The Morgan fingerprint density at radius 2 is 2.11 bits per heavy atom. The first-order valence-electron chi connectivity index (χ1n) is 5.88. The van der Waals surface area contributed by atoms with Gasteiger partial charge in [-0.2, -0.15) is 0 Å². The maximum absolute atomic E-state index is 12.9. The Labute approximate surface area is 114 Å². The second-order valence-corrected chi connectivity index (χ2v) is 5.36. The molecule has 0 spiro atoms. The molecule has 4 nitrogen and oxygen atoms in total. The van der Waals surface area contributed by atoms with Crippen LogP contribution in [0.2, 0.25) is 0 Å². The molecule has 0 aliphatic carbocycles. The number of nitrogens with one attached hydrogen (secondary N) is 2. The second kappa shape index (κ2) is 5.77. The number of likely N-dealkylation sites (N-methyl/N-ethyl adjacent to an activating group) is 1. The molecule has 0 unspecified atom stereocenters. The second-order valence-electron chi connectivity index (χ2n) is 4.51. The lowest BCUT2D eigenvalue weighted by atomic mass is 10.2. The first kappa shape index (κ1) is 13.5. The third kappa shape index (κ3) is 3.28. The summed E-state index contributed by atoms with van der Waals surface area (Å²) in [4.78, 5) is 13.5. The average molecular weight is 317 g/mol. The maximum Gasteiger partial charge on any atom is 0.266 e. The van der Waals surface area contributed by atoms with Crippen LogP contribution in [-0.4, -0.2) is 44.1 Å². The number of benzene rings is 1. The number of nitrogens with zero attached hydrogens (tertiary/aromatic N) is 1. The van der Waals surface area contributed by atoms with E-state index in [1.807, 2.05) is 5.01 Å². The van der Waals surface area contributed by atoms with E-state index < -0.39 is 0 Å². The van der Waals surface area contributed by atoms with E-state index in [2.05, 4.69) is 28.4 Å². The van der Waals surface area contributed by atoms with E-state index in [0.717, 1.165) is 26.2 Å². The quantitative estimate of drug-likeness (QED) is 0.810. The zero-order chi connectivity index (χ0) is 13.1. The molecular weight excluding hydrogens is 301 g/mol. The highest BCUT2D eigenvalue weighted by molar-refractivity contribution is 9.10. The fraction of sp³-hybridized carbons (Fsp3) is 0.417. The minimum Gasteiger partial charge on any atom is -0.335 e. The molecule has 1 aromatic rings. The predicted octanol–water partition coefficient (Wildman–Crippen LogP) is 0.0633. The molecule has 18 heavy (non-hydrogen) atoms. The Hall–Kier alpha value is -0.980. The number of amides is 1. The first-order valence-corrected chi connectivity index (χ1v) is 6.68. The lowest BCUT2D eigenvalue weighted by Gasteiger charge is -2.30. The van der Waals surface area contributed by atoms with Crippen molar-refractivity contribution in [1.82, 2.24) is 10.4 Å². The van der Waals surface area contributed by atoms with Crippen molar-refractivity contribution in [3.8, 4) is 0 Å². The molecule has 0 saturated carbocycles. The van der Waals surface area contributed by atoms with Crippen LogP contribution in [0.15, 0.2) is 22.7 Å². The molecule has 0 bridgehead atoms. The van der Waals surface area contributed by atoms with E-state index >= 15 is 0 Å². The van der Waals surface area contributed by atoms with E-state index in [9.17, 15) is 9.18 Å². The van der Waals surface area contributed by atoms with Crippen LogP contribution in [-0.2, 0) is 0 Å². The number of rotatable bonds is 2. The molecule has 0 atom stereocenters. The van der Waals surface area contributed by atoms with E-state index in [0.29, 0.717) is 10.0 Å². The number of quaternary nitrogens is 1. The molecule has 98 valence electrons. The van der Waals surface area contributed by atoms with Gasteiger partial charge in [-0.05, 0) is 34.1 Å². The van der Waals surface area contributed by atoms with E-state index in [1.165, 1.54) is 23.1 Å². The SMILES string of the molecule is C[NH+]1CCN(NC(=O)c2ccc(F)cc2Br)CC1. The molecule has 6 heteroatoms. The van der Waals surface area contributed by atoms with Crippen LogP contribution in [0.25, 0.3) is 0 Å². The number of carbonyl (C=O) groups is 1. The largest absolute Gasteiger partial charge is 0.335 e. The molecule has 1 saturated heterocycles. The maximum atomic E-state index is 12.9. The number of halogens is 2. The summed E-state index contributed by atoms with van der Waals surface area (Å²) in [5.74, 6) is -0.567. The van der Waals surface area contributed by atoms with Crippen molar-refractivity contribution in [3.05, 3.63) is 34.1 Å². The van der Waals surface area contributed by atoms with Crippen molar-refractivity contribution in [2.45, 2.75) is 0 Å². The van der Waals surface area contributed by atoms with Crippen molar-refractivity contribution in [1.29, 1.82) is 0 Å². The van der Waals surface area contributed by atoms with Crippen molar-refractivity contribution in [2.24, 2.45) is 0 Å². The molecule has 0 radical (unpaired) electrons. The minimum absolute atomic E-state index is 0.207. The zero-order valence-electron chi connectivity index (χ0n) is 10.2. The van der Waals surface area contributed by atoms with Crippen molar-refractivity contribution >= 4 is 21.8 Å². The highest BCUT2D eigenvalue weighted by Gasteiger charge is 2.19. The van der Waals surface area contributed by atoms with Crippen LogP contribution in [0.4, 0.5) is 4.39 Å². The van der Waals surface area contributed by atoms with Crippen LogP contribution in [0.3, 0.4) is 0 Å². The van der Waals surface area contributed by atoms with Gasteiger partial charge in [-0.15, -0.1) is 0 Å². The third-order valence-electron chi connectivity index (χ3n) is 3.05. The van der Waals surface area contributed by atoms with E-state index in [1.54, 1.807) is 0 Å². The number of piperazine rings is 1. The Morgan fingerprint density at radius 3 is 2.72 bits per heavy atom. The number of hydrazine groups is 1. The predicted molar refractivity (Wildman–Crippen MR) is 69.8 cm³/mol. The third-order valence-corrected chi connectivity index (χ3v) is 3.71. The fourth-order valence-corrected chi connectivity index (χ4v) is 2.41.